The van der Waals surface area contributed by atoms with E-state index in [0.717, 1.165) is 77.9 Å². The van der Waals surface area contributed by atoms with E-state index in [2.05, 4.69) is 264 Å². The van der Waals surface area contributed by atoms with Gasteiger partial charge < -0.3 is 13.9 Å². The Balaban J connectivity index is 0.920. The normalized spacial score (nSPS) is 11.8. The first-order valence-electron chi connectivity index (χ1n) is 23.7. The zero-order valence-electron chi connectivity index (χ0n) is 37.6. The zero-order chi connectivity index (χ0) is 45.4. The van der Waals surface area contributed by atoms with Gasteiger partial charge in [0, 0.05) is 55.1 Å². The molecule has 14 aromatic rings. The molecule has 0 radical (unpaired) electrons. The van der Waals surface area contributed by atoms with Crippen LogP contribution in [-0.2, 0) is 0 Å². The molecule has 0 aliphatic rings. The summed E-state index contributed by atoms with van der Waals surface area (Å²) >= 11 is 0. The third-order valence-corrected chi connectivity index (χ3v) is 14.1. The lowest BCUT2D eigenvalue weighted by Crippen LogP contribution is -2.11. The van der Waals surface area contributed by atoms with Gasteiger partial charge in [-0.15, -0.1) is 0 Å². The third kappa shape index (κ3) is 6.36. The molecule has 3 heteroatoms. The highest BCUT2D eigenvalue weighted by Crippen LogP contribution is 2.46. The second-order valence-electron chi connectivity index (χ2n) is 18.0. The fourth-order valence-electron chi connectivity index (χ4n) is 10.9. The molecule has 322 valence electrons. The van der Waals surface area contributed by atoms with E-state index in [4.69, 9.17) is 4.42 Å². The summed E-state index contributed by atoms with van der Waals surface area (Å²) in [6.07, 6.45) is 0. The zero-order valence-corrected chi connectivity index (χ0v) is 37.6. The molecule has 0 fully saturated rings. The second kappa shape index (κ2) is 15.7. The molecule has 0 N–H and O–H groups in total. The molecule has 2 aromatic heterocycles. The van der Waals surface area contributed by atoms with Gasteiger partial charge >= 0.3 is 0 Å². The van der Waals surface area contributed by atoms with Gasteiger partial charge in [0.15, 0.2) is 0 Å². The minimum atomic E-state index is 0.882. The predicted octanol–water partition coefficient (Wildman–Crippen LogP) is 18.6. The average molecular weight is 879 g/mol. The smallest absolute Gasteiger partial charge is 0.143 e. The van der Waals surface area contributed by atoms with Crippen LogP contribution in [0.4, 0.5) is 17.1 Å². The Morgan fingerprint density at radius 2 is 0.826 bits per heavy atom. The minimum Gasteiger partial charge on any atom is -0.455 e. The van der Waals surface area contributed by atoms with E-state index >= 15 is 0 Å². The van der Waals surface area contributed by atoms with E-state index in [1.54, 1.807) is 0 Å². The Morgan fingerprint density at radius 1 is 0.290 bits per heavy atom. The van der Waals surface area contributed by atoms with Crippen molar-refractivity contribution in [2.75, 3.05) is 4.90 Å². The summed E-state index contributed by atoms with van der Waals surface area (Å²) in [6.45, 7) is 0. The molecule has 0 bridgehead atoms. The van der Waals surface area contributed by atoms with Crippen molar-refractivity contribution in [1.29, 1.82) is 0 Å². The molecule has 12 aromatic carbocycles. The molecule has 14 rings (SSSR count). The van der Waals surface area contributed by atoms with Crippen molar-refractivity contribution in [3.05, 3.63) is 255 Å². The van der Waals surface area contributed by atoms with Crippen LogP contribution in [0.15, 0.2) is 259 Å². The Morgan fingerprint density at radius 3 is 1.64 bits per heavy atom. The first kappa shape index (κ1) is 39.0. The average Bonchev–Trinajstić information content (AvgIpc) is 3.98. The van der Waals surface area contributed by atoms with Crippen molar-refractivity contribution < 1.29 is 4.42 Å². The maximum atomic E-state index is 6.96. The second-order valence-corrected chi connectivity index (χ2v) is 18.0. The maximum absolute atomic E-state index is 6.96. The molecule has 0 aliphatic heterocycles. The Hall–Kier alpha value is -9.18. The van der Waals surface area contributed by atoms with Crippen LogP contribution in [0.2, 0.25) is 0 Å². The van der Waals surface area contributed by atoms with Crippen molar-refractivity contribution >= 4 is 93.1 Å². The minimum absolute atomic E-state index is 0.882. The molecule has 69 heavy (non-hydrogen) atoms. The Bertz CT molecular complexity index is 4270. The number of nitrogens with zero attached hydrogens (tertiary/aromatic N) is 2. The lowest BCUT2D eigenvalue weighted by atomic mass is 9.96. The fourth-order valence-corrected chi connectivity index (χ4v) is 10.9. The van der Waals surface area contributed by atoms with E-state index in [1.807, 2.05) is 0 Å². The highest BCUT2D eigenvalue weighted by molar-refractivity contribution is 6.18. The van der Waals surface area contributed by atoms with E-state index < -0.39 is 0 Å². The number of rotatable bonds is 7. The summed E-state index contributed by atoms with van der Waals surface area (Å²) < 4.78 is 9.35. The van der Waals surface area contributed by atoms with Gasteiger partial charge in [0.2, 0.25) is 0 Å². The summed E-state index contributed by atoms with van der Waals surface area (Å²) in [5.74, 6) is 0. The van der Waals surface area contributed by atoms with Crippen LogP contribution >= 0.6 is 0 Å². The molecule has 0 amide bonds. The molecule has 3 nitrogen and oxygen atoms in total. The van der Waals surface area contributed by atoms with E-state index in [1.165, 1.54) is 54.3 Å². The van der Waals surface area contributed by atoms with Gasteiger partial charge in [-0.2, -0.15) is 0 Å². The lowest BCUT2D eigenvalue weighted by Gasteiger charge is -2.28. The van der Waals surface area contributed by atoms with Gasteiger partial charge in [-0.05, 0) is 116 Å². The summed E-state index contributed by atoms with van der Waals surface area (Å²) in [5.41, 5.74) is 15.2. The van der Waals surface area contributed by atoms with Crippen molar-refractivity contribution in [1.82, 2.24) is 4.57 Å². The topological polar surface area (TPSA) is 21.3 Å². The van der Waals surface area contributed by atoms with E-state index in [9.17, 15) is 0 Å². The highest BCUT2D eigenvalue weighted by Gasteiger charge is 2.22. The fraction of sp³-hybridized carbons (Fsp3) is 0. The number of hydrogen-bond acceptors (Lipinski definition) is 2. The van der Waals surface area contributed by atoms with Gasteiger partial charge in [-0.3, -0.25) is 0 Å². The molecule has 2 heterocycles. The molecule has 0 atom stereocenters. The van der Waals surface area contributed by atoms with Crippen LogP contribution in [0.3, 0.4) is 0 Å². The van der Waals surface area contributed by atoms with Crippen LogP contribution < -0.4 is 4.90 Å². The SMILES string of the molecule is c1cc(-c2ccc3c(ccc4ccccc43)c2)cc(N(c2ccc(-c3cccc(-n4c5ccccc5c5ccccc54)c3)cc2)c2ccccc2-c2cccc3c2oc2c4ccccc4ccc32)c1. The van der Waals surface area contributed by atoms with Crippen molar-refractivity contribution in [2.24, 2.45) is 0 Å². The summed E-state index contributed by atoms with van der Waals surface area (Å²) in [5, 5.41) is 12.0. The Labute approximate surface area is 399 Å². The number of benzene rings is 12. The number of aromatic nitrogens is 1. The standard InChI is InChI=1S/C66H42N2O/c1-3-20-53-44(14-1)30-31-49-40-48(35-38-54(49)53)47-17-12-18-51(42-47)67(62-27-8-7-24-58(62)59-25-13-26-60-61-39-34-45-15-2-4-21-55(45)65(61)69-66(59)60)50-36-32-43(33-37-50)46-16-11-19-52(41-46)68-63-28-9-5-22-56(63)57-23-6-10-29-64(57)68/h1-42H. The number of para-hydroxylation sites is 4. The van der Waals surface area contributed by atoms with Gasteiger partial charge in [-0.25, -0.2) is 0 Å². The molecule has 0 spiro atoms. The van der Waals surface area contributed by atoms with Gasteiger partial charge in [0.05, 0.1) is 16.7 Å². The van der Waals surface area contributed by atoms with E-state index in [0.29, 0.717) is 0 Å². The summed E-state index contributed by atoms with van der Waals surface area (Å²) in [7, 11) is 0. The molecule has 0 saturated heterocycles. The van der Waals surface area contributed by atoms with Crippen LogP contribution in [0.1, 0.15) is 0 Å². The van der Waals surface area contributed by atoms with Crippen molar-refractivity contribution in [3.63, 3.8) is 0 Å². The van der Waals surface area contributed by atoms with E-state index in [-0.39, 0.29) is 0 Å². The summed E-state index contributed by atoms with van der Waals surface area (Å²) in [6, 6.07) is 92.5. The lowest BCUT2D eigenvalue weighted by molar-refractivity contribution is 0.674. The molecule has 0 unspecified atom stereocenters. The number of hydrogen-bond donors (Lipinski definition) is 0. The predicted molar refractivity (Wildman–Crippen MR) is 292 cm³/mol. The van der Waals surface area contributed by atoms with Crippen molar-refractivity contribution in [2.45, 2.75) is 0 Å². The van der Waals surface area contributed by atoms with Gasteiger partial charge in [0.1, 0.15) is 11.2 Å². The summed E-state index contributed by atoms with van der Waals surface area (Å²) in [4.78, 5) is 2.41. The van der Waals surface area contributed by atoms with Crippen LogP contribution in [0.25, 0.3) is 115 Å². The van der Waals surface area contributed by atoms with Crippen LogP contribution in [-0.4, -0.2) is 4.57 Å². The maximum Gasteiger partial charge on any atom is 0.143 e. The number of anilines is 3. The molecule has 0 aliphatic carbocycles. The van der Waals surface area contributed by atoms with Gasteiger partial charge in [-0.1, -0.05) is 188 Å². The highest BCUT2D eigenvalue weighted by atomic mass is 16.3. The monoisotopic (exact) mass is 878 g/mol. The van der Waals surface area contributed by atoms with Crippen LogP contribution in [0.5, 0.6) is 0 Å². The Kier molecular flexibility index (Phi) is 8.90. The van der Waals surface area contributed by atoms with Crippen molar-refractivity contribution in [3.8, 4) is 39.1 Å². The molecular weight excluding hydrogens is 837 g/mol. The molecule has 0 saturated carbocycles. The number of fused-ring (bicyclic) bond motifs is 11. The van der Waals surface area contributed by atoms with Crippen LogP contribution in [0, 0.1) is 0 Å². The molecular formula is C66H42N2O. The third-order valence-electron chi connectivity index (χ3n) is 14.1. The van der Waals surface area contributed by atoms with Gasteiger partial charge in [0.25, 0.3) is 0 Å². The quantitative estimate of drug-likeness (QED) is 0.149. The number of furan rings is 1. The first-order chi connectivity index (χ1) is 34.2. The first-order valence-corrected chi connectivity index (χ1v) is 23.7. The largest absolute Gasteiger partial charge is 0.455 e.